The number of anilines is 2. The van der Waals surface area contributed by atoms with Crippen LogP contribution in [0.15, 0.2) is 59.1 Å². The molecule has 0 atom stereocenters. The highest BCUT2D eigenvalue weighted by molar-refractivity contribution is 5.65. The second kappa shape index (κ2) is 6.08. The fraction of sp³-hybridized carbons (Fsp3) is 0.0588. The monoisotopic (exact) mass is 329 g/mol. The van der Waals surface area contributed by atoms with Crippen LogP contribution in [-0.2, 0) is 6.18 Å². The molecule has 120 valence electrons. The first-order chi connectivity index (χ1) is 11.5. The maximum Gasteiger partial charge on any atom is 0.416 e. The number of aromatic nitrogens is 1. The molecule has 3 rings (SSSR count). The molecule has 0 saturated carbocycles. The highest BCUT2D eigenvalue weighted by Gasteiger charge is 2.30. The van der Waals surface area contributed by atoms with Crippen molar-refractivity contribution in [2.24, 2.45) is 0 Å². The van der Waals surface area contributed by atoms with E-state index >= 15 is 0 Å². The Balaban J connectivity index is 1.83. The lowest BCUT2D eigenvalue weighted by atomic mass is 10.2. The standard InChI is InChI=1S/C17H10F3N3O/c1-21-13-6-2-4-11(8-13)15-10-22-16(24-15)23-14-7-3-5-12(9-14)17(18,19)20/h2-10H,(H,22,23). The van der Waals surface area contributed by atoms with Gasteiger partial charge in [0.05, 0.1) is 18.3 Å². The molecule has 0 aliphatic rings. The molecule has 3 aromatic rings. The molecule has 0 bridgehead atoms. The number of alkyl halides is 3. The van der Waals surface area contributed by atoms with E-state index < -0.39 is 11.7 Å². The Hall–Kier alpha value is -3.27. The molecule has 1 aromatic heterocycles. The number of nitrogens with zero attached hydrogens (tertiary/aromatic N) is 2. The van der Waals surface area contributed by atoms with Crippen molar-refractivity contribution in [3.05, 3.63) is 71.7 Å². The quantitative estimate of drug-likeness (QED) is 0.631. The van der Waals surface area contributed by atoms with E-state index in [2.05, 4.69) is 15.1 Å². The van der Waals surface area contributed by atoms with E-state index in [0.29, 0.717) is 17.0 Å². The number of hydrogen-bond donors (Lipinski definition) is 1. The first kappa shape index (κ1) is 15.6. The van der Waals surface area contributed by atoms with Crippen molar-refractivity contribution >= 4 is 17.4 Å². The van der Waals surface area contributed by atoms with Crippen LogP contribution in [0.5, 0.6) is 0 Å². The summed E-state index contributed by atoms with van der Waals surface area (Å²) < 4.78 is 43.6. The summed E-state index contributed by atoms with van der Waals surface area (Å²) >= 11 is 0. The summed E-state index contributed by atoms with van der Waals surface area (Å²) in [7, 11) is 0. The van der Waals surface area contributed by atoms with Gasteiger partial charge in [-0.05, 0) is 24.3 Å². The van der Waals surface area contributed by atoms with Crippen LogP contribution in [0.25, 0.3) is 16.2 Å². The Morgan fingerprint density at radius 3 is 2.62 bits per heavy atom. The second-order valence-corrected chi connectivity index (χ2v) is 4.90. The molecular formula is C17H10F3N3O. The van der Waals surface area contributed by atoms with Crippen LogP contribution >= 0.6 is 0 Å². The smallest absolute Gasteiger partial charge is 0.416 e. The van der Waals surface area contributed by atoms with Crippen molar-refractivity contribution in [1.29, 1.82) is 0 Å². The Kier molecular flexibility index (Phi) is 3.96. The van der Waals surface area contributed by atoms with Crippen LogP contribution in [0.4, 0.5) is 30.6 Å². The molecule has 0 saturated heterocycles. The van der Waals surface area contributed by atoms with Crippen molar-refractivity contribution in [1.82, 2.24) is 4.98 Å². The third-order valence-corrected chi connectivity index (χ3v) is 3.21. The van der Waals surface area contributed by atoms with Crippen molar-refractivity contribution in [2.45, 2.75) is 6.18 Å². The predicted octanol–water partition coefficient (Wildman–Crippen LogP) is 5.65. The molecule has 0 fully saturated rings. The molecule has 24 heavy (non-hydrogen) atoms. The highest BCUT2D eigenvalue weighted by Crippen LogP contribution is 2.32. The first-order valence-electron chi connectivity index (χ1n) is 6.84. The van der Waals surface area contributed by atoms with Gasteiger partial charge in [-0.15, -0.1) is 0 Å². The van der Waals surface area contributed by atoms with Gasteiger partial charge >= 0.3 is 6.18 Å². The van der Waals surface area contributed by atoms with E-state index in [1.165, 1.54) is 18.3 Å². The number of halogens is 3. The van der Waals surface area contributed by atoms with Crippen LogP contribution in [-0.4, -0.2) is 4.98 Å². The Bertz CT molecular complexity index is 910. The van der Waals surface area contributed by atoms with Crippen LogP contribution in [0.1, 0.15) is 5.56 Å². The third-order valence-electron chi connectivity index (χ3n) is 3.21. The van der Waals surface area contributed by atoms with Crippen molar-refractivity contribution in [3.8, 4) is 11.3 Å². The largest absolute Gasteiger partial charge is 0.423 e. The average Bonchev–Trinajstić information content (AvgIpc) is 3.03. The lowest BCUT2D eigenvalue weighted by Crippen LogP contribution is -2.05. The fourth-order valence-electron chi connectivity index (χ4n) is 2.09. The van der Waals surface area contributed by atoms with Crippen LogP contribution in [0.2, 0.25) is 0 Å². The van der Waals surface area contributed by atoms with Gasteiger partial charge in [0.15, 0.2) is 11.4 Å². The minimum absolute atomic E-state index is 0.0672. The molecule has 7 heteroatoms. The van der Waals surface area contributed by atoms with Gasteiger partial charge in [-0.2, -0.15) is 13.2 Å². The topological polar surface area (TPSA) is 42.4 Å². The number of oxazole rings is 1. The summed E-state index contributed by atoms with van der Waals surface area (Å²) in [6.45, 7) is 7.00. The zero-order valence-electron chi connectivity index (χ0n) is 12.1. The predicted molar refractivity (Wildman–Crippen MR) is 82.9 cm³/mol. The Morgan fingerprint density at radius 2 is 1.88 bits per heavy atom. The van der Waals surface area contributed by atoms with Crippen LogP contribution in [0.3, 0.4) is 0 Å². The summed E-state index contributed by atoms with van der Waals surface area (Å²) in [5.41, 5.74) is 0.571. The first-order valence-corrected chi connectivity index (χ1v) is 6.84. The van der Waals surface area contributed by atoms with Crippen LogP contribution < -0.4 is 5.32 Å². The number of nitrogens with one attached hydrogen (secondary N) is 1. The molecule has 0 spiro atoms. The lowest BCUT2D eigenvalue weighted by Gasteiger charge is -2.08. The molecule has 0 aliphatic heterocycles. The van der Waals surface area contributed by atoms with Crippen molar-refractivity contribution in [3.63, 3.8) is 0 Å². The number of hydrogen-bond acceptors (Lipinski definition) is 3. The Morgan fingerprint density at radius 1 is 1.08 bits per heavy atom. The zero-order valence-corrected chi connectivity index (χ0v) is 12.1. The van der Waals surface area contributed by atoms with E-state index in [1.54, 1.807) is 24.3 Å². The van der Waals surface area contributed by atoms with Crippen molar-refractivity contribution in [2.75, 3.05) is 5.32 Å². The maximum absolute atomic E-state index is 12.7. The van der Waals surface area contributed by atoms with Gasteiger partial charge in [0.25, 0.3) is 6.01 Å². The van der Waals surface area contributed by atoms with E-state index in [4.69, 9.17) is 11.0 Å². The van der Waals surface area contributed by atoms with E-state index in [-0.39, 0.29) is 11.7 Å². The number of rotatable bonds is 3. The molecule has 1 N–H and O–H groups in total. The molecule has 1 heterocycles. The lowest BCUT2D eigenvalue weighted by molar-refractivity contribution is -0.137. The fourth-order valence-corrected chi connectivity index (χ4v) is 2.09. The minimum Gasteiger partial charge on any atom is -0.423 e. The summed E-state index contributed by atoms with van der Waals surface area (Å²) in [6, 6.07) is 11.6. The summed E-state index contributed by atoms with van der Waals surface area (Å²) in [6.07, 6.45) is -2.97. The third kappa shape index (κ3) is 3.38. The normalized spacial score (nSPS) is 11.1. The van der Waals surface area contributed by atoms with Gasteiger partial charge in [0.1, 0.15) is 0 Å². The van der Waals surface area contributed by atoms with Crippen LogP contribution in [0, 0.1) is 6.57 Å². The molecule has 0 aliphatic carbocycles. The summed E-state index contributed by atoms with van der Waals surface area (Å²) in [5.74, 6) is 0.412. The SMILES string of the molecule is [C-]#[N+]c1cccc(-c2cnc(Nc3cccc(C(F)(F)F)c3)o2)c1. The average molecular weight is 329 g/mol. The van der Waals surface area contributed by atoms with E-state index in [9.17, 15) is 13.2 Å². The van der Waals surface area contributed by atoms with Gasteiger partial charge in [0.2, 0.25) is 0 Å². The zero-order chi connectivity index (χ0) is 17.2. The molecule has 4 nitrogen and oxygen atoms in total. The summed E-state index contributed by atoms with van der Waals surface area (Å²) in [5, 5.41) is 2.70. The second-order valence-electron chi connectivity index (χ2n) is 4.90. The van der Waals surface area contributed by atoms with E-state index in [0.717, 1.165) is 12.1 Å². The molecule has 0 radical (unpaired) electrons. The molecule has 0 unspecified atom stereocenters. The molecule has 2 aromatic carbocycles. The van der Waals surface area contributed by atoms with Gasteiger partial charge in [0, 0.05) is 11.3 Å². The summed E-state index contributed by atoms with van der Waals surface area (Å²) in [4.78, 5) is 7.33. The number of benzene rings is 2. The highest BCUT2D eigenvalue weighted by atomic mass is 19.4. The van der Waals surface area contributed by atoms with E-state index in [1.807, 2.05) is 0 Å². The molecular weight excluding hydrogens is 319 g/mol. The van der Waals surface area contributed by atoms with Gasteiger partial charge in [-0.1, -0.05) is 24.3 Å². The van der Waals surface area contributed by atoms with Gasteiger partial charge < -0.3 is 9.73 Å². The molecule has 0 amide bonds. The minimum atomic E-state index is -4.42. The van der Waals surface area contributed by atoms with Gasteiger partial charge in [-0.25, -0.2) is 9.83 Å². The maximum atomic E-state index is 12.7. The van der Waals surface area contributed by atoms with Crippen molar-refractivity contribution < 1.29 is 17.6 Å². The van der Waals surface area contributed by atoms with Gasteiger partial charge in [-0.3, -0.25) is 0 Å². The Labute approximate surface area is 135 Å².